The molecule has 0 aliphatic carbocycles. The molecule has 9 nitrogen and oxygen atoms in total. The number of benzene rings is 2. The summed E-state index contributed by atoms with van der Waals surface area (Å²) in [6.07, 6.45) is 0. The highest BCUT2D eigenvalue weighted by molar-refractivity contribution is 6.08. The van der Waals surface area contributed by atoms with Crippen molar-refractivity contribution in [2.24, 2.45) is 0 Å². The summed E-state index contributed by atoms with van der Waals surface area (Å²) in [7, 11) is 1.27. The average molecular weight is 479 g/mol. The Morgan fingerprint density at radius 1 is 1.03 bits per heavy atom. The van der Waals surface area contributed by atoms with Crippen molar-refractivity contribution >= 4 is 29.2 Å². The molecule has 0 spiro atoms. The second kappa shape index (κ2) is 10.6. The van der Waals surface area contributed by atoms with Crippen LogP contribution in [0, 0.1) is 6.92 Å². The molecule has 1 saturated heterocycles. The van der Waals surface area contributed by atoms with Crippen LogP contribution >= 0.6 is 0 Å². The Hall–Kier alpha value is -3.85. The lowest BCUT2D eigenvalue weighted by molar-refractivity contribution is -0.136. The lowest BCUT2D eigenvalue weighted by atomic mass is 10.1. The molecule has 0 radical (unpaired) electrons. The Morgan fingerprint density at radius 3 is 2.34 bits per heavy atom. The molecule has 0 bridgehead atoms. The number of esters is 1. The molecule has 9 heteroatoms. The van der Waals surface area contributed by atoms with Gasteiger partial charge in [0.25, 0.3) is 11.8 Å². The topological polar surface area (TPSA) is 102 Å². The Balaban J connectivity index is 1.40. The van der Waals surface area contributed by atoms with Crippen molar-refractivity contribution in [1.82, 2.24) is 9.80 Å². The first-order chi connectivity index (χ1) is 16.9. The van der Waals surface area contributed by atoms with Crippen LogP contribution in [0.4, 0.5) is 11.4 Å². The number of rotatable bonds is 7. The van der Waals surface area contributed by atoms with E-state index in [-0.39, 0.29) is 42.8 Å². The van der Waals surface area contributed by atoms with E-state index in [9.17, 15) is 19.5 Å². The molecule has 0 atom stereocenters. The van der Waals surface area contributed by atoms with Crippen molar-refractivity contribution in [3.05, 3.63) is 70.9 Å². The van der Waals surface area contributed by atoms with E-state index in [4.69, 9.17) is 4.74 Å². The molecule has 35 heavy (non-hydrogen) atoms. The van der Waals surface area contributed by atoms with E-state index in [1.165, 1.54) is 12.0 Å². The number of nitrogens with one attached hydrogen (secondary N) is 1. The molecular formula is C26H30N4O5. The number of piperazine rings is 1. The average Bonchev–Trinajstić information content (AvgIpc) is 3.19. The summed E-state index contributed by atoms with van der Waals surface area (Å²) < 4.78 is 4.82. The fraction of sp³-hybridized carbons (Fsp3) is 0.346. The van der Waals surface area contributed by atoms with Gasteiger partial charge in [0.1, 0.15) is 5.70 Å². The van der Waals surface area contributed by atoms with Crippen molar-refractivity contribution in [3.8, 4) is 0 Å². The van der Waals surface area contributed by atoms with Gasteiger partial charge in [0.2, 0.25) is 0 Å². The van der Waals surface area contributed by atoms with Gasteiger partial charge >= 0.3 is 5.97 Å². The van der Waals surface area contributed by atoms with Crippen LogP contribution in [0.15, 0.2) is 59.8 Å². The molecule has 2 heterocycles. The Bertz CT molecular complexity index is 1140. The van der Waals surface area contributed by atoms with Gasteiger partial charge in [-0.25, -0.2) is 4.79 Å². The van der Waals surface area contributed by atoms with E-state index >= 15 is 0 Å². The van der Waals surface area contributed by atoms with E-state index < -0.39 is 5.97 Å². The first-order valence-corrected chi connectivity index (χ1v) is 11.6. The number of carbonyl (C=O) groups is 3. The standard InChI is InChI=1S/C26H30N4O5/c1-18-5-3-4-6-21(18)24(32)29-13-11-28(12-14-29)20-9-7-19(8-10-20)27-23-22(26(34)35-2)17-30(15-16-31)25(23)33/h3-10,27,31H,11-17H2,1-2H3. The summed E-state index contributed by atoms with van der Waals surface area (Å²) in [6.45, 7) is 4.71. The van der Waals surface area contributed by atoms with Gasteiger partial charge in [-0.3, -0.25) is 9.59 Å². The largest absolute Gasteiger partial charge is 0.466 e. The number of aliphatic hydroxyl groups excluding tert-OH is 1. The third-order valence-electron chi connectivity index (χ3n) is 6.40. The first-order valence-electron chi connectivity index (χ1n) is 11.6. The van der Waals surface area contributed by atoms with Gasteiger partial charge in [-0.1, -0.05) is 18.2 Å². The summed E-state index contributed by atoms with van der Waals surface area (Å²) >= 11 is 0. The number of hydrogen-bond donors (Lipinski definition) is 2. The molecule has 2 amide bonds. The number of carbonyl (C=O) groups excluding carboxylic acids is 3. The number of β-amino-alcohol motifs (C(OH)–C–C–N with tert-alkyl or cyclic N) is 1. The van der Waals surface area contributed by atoms with Gasteiger partial charge in [0, 0.05) is 49.7 Å². The minimum absolute atomic E-state index is 0.0634. The molecule has 1 fully saturated rings. The minimum atomic E-state index is -0.573. The van der Waals surface area contributed by atoms with Crippen LogP contribution in [-0.4, -0.2) is 85.7 Å². The predicted octanol–water partition coefficient (Wildman–Crippen LogP) is 1.63. The second-order valence-corrected chi connectivity index (χ2v) is 8.56. The number of hydrogen-bond acceptors (Lipinski definition) is 7. The summed E-state index contributed by atoms with van der Waals surface area (Å²) in [5, 5.41) is 12.3. The van der Waals surface area contributed by atoms with Crippen LogP contribution in [0.3, 0.4) is 0 Å². The smallest absolute Gasteiger partial charge is 0.337 e. The van der Waals surface area contributed by atoms with Crippen molar-refractivity contribution in [2.75, 3.05) is 63.2 Å². The number of amides is 2. The maximum atomic E-state index is 12.9. The Kier molecular flexibility index (Phi) is 7.36. The first kappa shape index (κ1) is 24.3. The van der Waals surface area contributed by atoms with Crippen LogP contribution in [0.1, 0.15) is 15.9 Å². The number of ether oxygens (including phenoxy) is 1. The maximum absolute atomic E-state index is 12.9. The SMILES string of the molecule is COC(=O)C1=C(Nc2ccc(N3CCN(C(=O)c4ccccc4C)CC3)cc2)C(=O)N(CCO)C1. The molecule has 2 aromatic carbocycles. The Labute approximate surface area is 204 Å². The van der Waals surface area contributed by atoms with Gasteiger partial charge in [0.15, 0.2) is 0 Å². The monoisotopic (exact) mass is 478 g/mol. The molecule has 0 saturated carbocycles. The summed E-state index contributed by atoms with van der Waals surface area (Å²) in [5.74, 6) is -0.859. The fourth-order valence-corrected chi connectivity index (χ4v) is 4.40. The van der Waals surface area contributed by atoms with Gasteiger partial charge < -0.3 is 29.9 Å². The van der Waals surface area contributed by atoms with E-state index in [1.807, 2.05) is 60.4 Å². The van der Waals surface area contributed by atoms with Gasteiger partial charge in [-0.2, -0.15) is 0 Å². The number of nitrogens with zero attached hydrogens (tertiary/aromatic N) is 3. The second-order valence-electron chi connectivity index (χ2n) is 8.56. The quantitative estimate of drug-likeness (QED) is 0.583. The van der Waals surface area contributed by atoms with E-state index in [2.05, 4.69) is 10.2 Å². The lowest BCUT2D eigenvalue weighted by Gasteiger charge is -2.36. The van der Waals surface area contributed by atoms with Crippen molar-refractivity contribution < 1.29 is 24.2 Å². The third-order valence-corrected chi connectivity index (χ3v) is 6.40. The fourth-order valence-electron chi connectivity index (χ4n) is 4.40. The summed E-state index contributed by atoms with van der Waals surface area (Å²) in [4.78, 5) is 43.2. The summed E-state index contributed by atoms with van der Waals surface area (Å²) in [6, 6.07) is 15.2. The lowest BCUT2D eigenvalue weighted by Crippen LogP contribution is -2.48. The molecule has 0 aromatic heterocycles. The van der Waals surface area contributed by atoms with Crippen molar-refractivity contribution in [2.45, 2.75) is 6.92 Å². The highest BCUT2D eigenvalue weighted by Crippen LogP contribution is 2.25. The third kappa shape index (κ3) is 5.14. The zero-order valence-electron chi connectivity index (χ0n) is 20.0. The zero-order chi connectivity index (χ0) is 24.9. The number of methoxy groups -OCH3 is 1. The molecule has 4 rings (SSSR count). The van der Waals surface area contributed by atoms with Gasteiger partial charge in [-0.05, 0) is 42.8 Å². The van der Waals surface area contributed by atoms with Crippen LogP contribution in [0.25, 0.3) is 0 Å². The van der Waals surface area contributed by atoms with Gasteiger partial charge in [0.05, 0.1) is 25.8 Å². The molecule has 2 aliphatic rings. The van der Waals surface area contributed by atoms with Crippen molar-refractivity contribution in [3.63, 3.8) is 0 Å². The van der Waals surface area contributed by atoms with Crippen LogP contribution in [-0.2, 0) is 14.3 Å². The molecule has 0 unspecified atom stereocenters. The number of aryl methyl sites for hydroxylation is 1. The molecular weight excluding hydrogens is 448 g/mol. The van der Waals surface area contributed by atoms with Crippen LogP contribution in [0.5, 0.6) is 0 Å². The normalized spacial score (nSPS) is 16.1. The molecule has 2 N–H and O–H groups in total. The highest BCUT2D eigenvalue weighted by Gasteiger charge is 2.34. The molecule has 184 valence electrons. The van der Waals surface area contributed by atoms with Crippen molar-refractivity contribution in [1.29, 1.82) is 0 Å². The molecule has 2 aromatic rings. The number of aliphatic hydroxyl groups is 1. The summed E-state index contributed by atoms with van der Waals surface area (Å²) in [5.41, 5.74) is 3.81. The number of anilines is 2. The Morgan fingerprint density at radius 2 is 1.71 bits per heavy atom. The maximum Gasteiger partial charge on any atom is 0.337 e. The van der Waals surface area contributed by atoms with Gasteiger partial charge in [-0.15, -0.1) is 0 Å². The van der Waals surface area contributed by atoms with E-state index in [0.29, 0.717) is 18.8 Å². The highest BCUT2D eigenvalue weighted by atomic mass is 16.5. The predicted molar refractivity (Wildman–Crippen MR) is 132 cm³/mol. The zero-order valence-corrected chi connectivity index (χ0v) is 20.0. The van der Waals surface area contributed by atoms with Crippen LogP contribution in [0.2, 0.25) is 0 Å². The van der Waals surface area contributed by atoms with Crippen LogP contribution < -0.4 is 10.2 Å². The minimum Gasteiger partial charge on any atom is -0.466 e. The van der Waals surface area contributed by atoms with E-state index in [0.717, 1.165) is 29.9 Å². The van der Waals surface area contributed by atoms with E-state index in [1.54, 1.807) is 0 Å². The molecule has 2 aliphatic heterocycles.